The number of rotatable bonds is 4. The van der Waals surface area contributed by atoms with Crippen molar-refractivity contribution in [3.63, 3.8) is 0 Å². The molecule has 138 valence electrons. The number of carbonyl (C=O) groups excluding carboxylic acids is 2. The topological polar surface area (TPSA) is 66.6 Å². The Bertz CT molecular complexity index is 594. The fourth-order valence-corrected chi connectivity index (χ4v) is 3.91. The number of halogens is 1. The number of nitrogens with two attached hydrogens (primary N) is 1. The number of benzene rings is 1. The Labute approximate surface area is 155 Å². The van der Waals surface area contributed by atoms with E-state index in [1.807, 2.05) is 47.1 Å². The molecule has 0 spiro atoms. The summed E-state index contributed by atoms with van der Waals surface area (Å²) in [5.74, 6) is -0.0342. The summed E-state index contributed by atoms with van der Waals surface area (Å²) >= 11 is 0. The van der Waals surface area contributed by atoms with E-state index in [0.29, 0.717) is 19.5 Å². The highest BCUT2D eigenvalue weighted by Gasteiger charge is 2.39. The minimum atomic E-state index is -0.222. The Kier molecular flexibility index (Phi) is 6.85. The van der Waals surface area contributed by atoms with E-state index in [9.17, 15) is 9.59 Å². The van der Waals surface area contributed by atoms with E-state index in [-0.39, 0.29) is 42.2 Å². The zero-order valence-electron chi connectivity index (χ0n) is 14.8. The number of hydrogen-bond acceptors (Lipinski definition) is 3. The monoisotopic (exact) mass is 365 g/mol. The van der Waals surface area contributed by atoms with Gasteiger partial charge in [0.25, 0.3) is 0 Å². The van der Waals surface area contributed by atoms with Crippen LogP contribution in [0, 0.1) is 5.92 Å². The average molecular weight is 366 g/mol. The van der Waals surface area contributed by atoms with Crippen LogP contribution in [0.1, 0.15) is 38.2 Å². The summed E-state index contributed by atoms with van der Waals surface area (Å²) in [6.07, 6.45) is 3.45. The number of nitrogens with zero attached hydrogens (tertiary/aromatic N) is 2. The number of amides is 2. The van der Waals surface area contributed by atoms with Gasteiger partial charge in [0.05, 0.1) is 5.92 Å². The zero-order chi connectivity index (χ0) is 17.1. The third kappa shape index (κ3) is 4.53. The van der Waals surface area contributed by atoms with E-state index >= 15 is 0 Å². The molecule has 0 aliphatic carbocycles. The maximum atomic E-state index is 13.0. The van der Waals surface area contributed by atoms with Gasteiger partial charge >= 0.3 is 0 Å². The minimum absolute atomic E-state index is 0. The third-order valence-corrected chi connectivity index (χ3v) is 5.22. The van der Waals surface area contributed by atoms with Gasteiger partial charge < -0.3 is 15.5 Å². The summed E-state index contributed by atoms with van der Waals surface area (Å²) in [5, 5.41) is 0. The highest BCUT2D eigenvalue weighted by Crippen LogP contribution is 2.26. The number of piperidine rings is 1. The van der Waals surface area contributed by atoms with Crippen molar-refractivity contribution in [3.05, 3.63) is 35.9 Å². The summed E-state index contributed by atoms with van der Waals surface area (Å²) in [7, 11) is 0. The second-order valence-electron chi connectivity index (χ2n) is 7.11. The molecule has 3 rings (SSSR count). The van der Waals surface area contributed by atoms with E-state index in [4.69, 9.17) is 5.73 Å². The maximum absolute atomic E-state index is 13.0. The van der Waals surface area contributed by atoms with E-state index < -0.39 is 0 Å². The standard InChI is InChI=1S/C19H27N3O2.ClH/c1-14(20)17-9-5-6-10-22(17)19(24)16-11-18(23)21(13-16)12-15-7-3-2-4-8-15;/h2-4,7-8,14,16-17H,5-6,9-13,20H2,1H3;1H. The first-order chi connectivity index (χ1) is 11.6. The smallest absolute Gasteiger partial charge is 0.228 e. The lowest BCUT2D eigenvalue weighted by Crippen LogP contribution is -2.53. The van der Waals surface area contributed by atoms with Crippen molar-refractivity contribution in [2.45, 2.75) is 51.2 Å². The number of likely N-dealkylation sites (tertiary alicyclic amines) is 2. The molecule has 2 saturated heterocycles. The van der Waals surface area contributed by atoms with Crippen molar-refractivity contribution in [1.82, 2.24) is 9.80 Å². The largest absolute Gasteiger partial charge is 0.338 e. The van der Waals surface area contributed by atoms with Crippen LogP contribution in [0.4, 0.5) is 0 Å². The van der Waals surface area contributed by atoms with Crippen molar-refractivity contribution in [2.24, 2.45) is 11.7 Å². The number of hydrogen-bond donors (Lipinski definition) is 1. The van der Waals surface area contributed by atoms with Gasteiger partial charge in [-0.05, 0) is 31.7 Å². The Hall–Kier alpha value is -1.59. The van der Waals surface area contributed by atoms with Gasteiger partial charge in [-0.15, -0.1) is 12.4 Å². The highest BCUT2D eigenvalue weighted by molar-refractivity contribution is 5.89. The van der Waals surface area contributed by atoms with E-state index in [0.717, 1.165) is 31.4 Å². The molecular formula is C19H28ClN3O2. The van der Waals surface area contributed by atoms with Crippen LogP contribution < -0.4 is 5.73 Å². The van der Waals surface area contributed by atoms with Gasteiger partial charge in [0.15, 0.2) is 0 Å². The van der Waals surface area contributed by atoms with Crippen LogP contribution in [-0.4, -0.2) is 46.8 Å². The van der Waals surface area contributed by atoms with Crippen LogP contribution in [0.3, 0.4) is 0 Å². The van der Waals surface area contributed by atoms with Gasteiger partial charge in [-0.25, -0.2) is 0 Å². The maximum Gasteiger partial charge on any atom is 0.228 e. The number of carbonyl (C=O) groups is 2. The van der Waals surface area contributed by atoms with Gasteiger partial charge in [0.2, 0.25) is 11.8 Å². The first kappa shape index (κ1) is 19.7. The second-order valence-corrected chi connectivity index (χ2v) is 7.11. The van der Waals surface area contributed by atoms with Gasteiger partial charge in [0, 0.05) is 38.1 Å². The Morgan fingerprint density at radius 2 is 2.00 bits per heavy atom. The predicted molar refractivity (Wildman–Crippen MR) is 100 cm³/mol. The fourth-order valence-electron chi connectivity index (χ4n) is 3.91. The highest BCUT2D eigenvalue weighted by atomic mass is 35.5. The minimum Gasteiger partial charge on any atom is -0.338 e. The van der Waals surface area contributed by atoms with E-state index in [1.165, 1.54) is 0 Å². The first-order valence-electron chi connectivity index (χ1n) is 8.94. The molecule has 25 heavy (non-hydrogen) atoms. The van der Waals surface area contributed by atoms with Crippen LogP contribution >= 0.6 is 12.4 Å². The first-order valence-corrected chi connectivity index (χ1v) is 8.94. The molecule has 6 heteroatoms. The molecular weight excluding hydrogens is 338 g/mol. The molecule has 1 aromatic carbocycles. The molecule has 0 radical (unpaired) electrons. The van der Waals surface area contributed by atoms with E-state index in [1.54, 1.807) is 0 Å². The quantitative estimate of drug-likeness (QED) is 0.889. The Balaban J connectivity index is 0.00000225. The molecule has 2 amide bonds. The molecule has 1 aromatic rings. The Morgan fingerprint density at radius 3 is 2.68 bits per heavy atom. The molecule has 0 saturated carbocycles. The lowest BCUT2D eigenvalue weighted by atomic mass is 9.94. The molecule has 2 N–H and O–H groups in total. The van der Waals surface area contributed by atoms with Gasteiger partial charge in [-0.1, -0.05) is 30.3 Å². The van der Waals surface area contributed by atoms with Crippen molar-refractivity contribution < 1.29 is 9.59 Å². The molecule has 2 heterocycles. The fraction of sp³-hybridized carbons (Fsp3) is 0.579. The molecule has 2 fully saturated rings. The molecule has 3 unspecified atom stereocenters. The van der Waals surface area contributed by atoms with Gasteiger partial charge in [-0.3, -0.25) is 9.59 Å². The van der Waals surface area contributed by atoms with Crippen molar-refractivity contribution in [3.8, 4) is 0 Å². The lowest BCUT2D eigenvalue weighted by Gasteiger charge is -2.39. The molecule has 3 atom stereocenters. The summed E-state index contributed by atoms with van der Waals surface area (Å²) < 4.78 is 0. The summed E-state index contributed by atoms with van der Waals surface area (Å²) in [6, 6.07) is 10.0. The predicted octanol–water partition coefficient (Wildman–Crippen LogP) is 2.19. The molecule has 2 aliphatic rings. The molecule has 5 nitrogen and oxygen atoms in total. The average Bonchev–Trinajstić information content (AvgIpc) is 2.96. The molecule has 0 bridgehead atoms. The van der Waals surface area contributed by atoms with Crippen molar-refractivity contribution in [2.75, 3.05) is 13.1 Å². The third-order valence-electron chi connectivity index (χ3n) is 5.22. The lowest BCUT2D eigenvalue weighted by molar-refractivity contribution is -0.139. The summed E-state index contributed by atoms with van der Waals surface area (Å²) in [4.78, 5) is 29.0. The Morgan fingerprint density at radius 1 is 1.28 bits per heavy atom. The van der Waals surface area contributed by atoms with Gasteiger partial charge in [-0.2, -0.15) is 0 Å². The van der Waals surface area contributed by atoms with Crippen LogP contribution in [-0.2, 0) is 16.1 Å². The summed E-state index contributed by atoms with van der Waals surface area (Å²) in [6.45, 7) is 3.85. The summed E-state index contributed by atoms with van der Waals surface area (Å²) in [5.41, 5.74) is 7.18. The molecule has 0 aromatic heterocycles. The zero-order valence-corrected chi connectivity index (χ0v) is 15.6. The van der Waals surface area contributed by atoms with Gasteiger partial charge in [0.1, 0.15) is 0 Å². The van der Waals surface area contributed by atoms with Crippen molar-refractivity contribution >= 4 is 24.2 Å². The van der Waals surface area contributed by atoms with E-state index in [2.05, 4.69) is 0 Å². The van der Waals surface area contributed by atoms with Crippen molar-refractivity contribution in [1.29, 1.82) is 0 Å². The van der Waals surface area contributed by atoms with Crippen LogP contribution in [0.2, 0.25) is 0 Å². The van der Waals surface area contributed by atoms with Crippen LogP contribution in [0.25, 0.3) is 0 Å². The second kappa shape index (κ2) is 8.68. The SMILES string of the molecule is CC(N)C1CCCCN1C(=O)C1CC(=O)N(Cc2ccccc2)C1.Cl. The van der Waals surface area contributed by atoms with Crippen LogP contribution in [0.5, 0.6) is 0 Å². The molecule has 2 aliphatic heterocycles. The normalized spacial score (nSPS) is 24.8. The van der Waals surface area contributed by atoms with Crippen LogP contribution in [0.15, 0.2) is 30.3 Å².